The standard InChI is InChI=1S/C21H22ClFN4O5S2/c1-32-21(29)17-16-10-13(27(6-7-28)34(2,30)31)11-26(16)19(20-24-5-8-33-20)25-18(17)14-4-3-12(23)9-15(14)22/h3-5,8-9,13,18,28H,6-7,10-11H2,1-2H3/t13-,18-/m0/s1. The second kappa shape index (κ2) is 9.70. The number of aliphatic hydroxyl groups excluding tert-OH is 1. The van der Waals surface area contributed by atoms with Gasteiger partial charge in [-0.15, -0.1) is 11.3 Å². The number of sulfonamides is 1. The van der Waals surface area contributed by atoms with Crippen molar-refractivity contribution < 1.29 is 27.4 Å². The number of aromatic nitrogens is 1. The minimum Gasteiger partial charge on any atom is -0.466 e. The number of hydrogen-bond acceptors (Lipinski definition) is 9. The molecule has 1 aromatic heterocycles. The summed E-state index contributed by atoms with van der Waals surface area (Å²) in [6.45, 7) is -0.242. The number of methoxy groups -OCH3 is 1. The number of carbonyl (C=O) groups excluding carboxylic acids is 1. The van der Waals surface area contributed by atoms with Gasteiger partial charge in [0.1, 0.15) is 11.9 Å². The number of aliphatic imine (C=N–C) groups is 1. The van der Waals surface area contributed by atoms with Crippen LogP contribution in [0.25, 0.3) is 0 Å². The maximum Gasteiger partial charge on any atom is 0.338 e. The number of fused-ring (bicyclic) bond motifs is 1. The Kier molecular flexibility index (Phi) is 7.06. The molecule has 9 nitrogen and oxygen atoms in total. The van der Waals surface area contributed by atoms with E-state index in [2.05, 4.69) is 4.98 Å². The van der Waals surface area contributed by atoms with E-state index >= 15 is 0 Å². The average Bonchev–Trinajstić information content (AvgIpc) is 3.45. The van der Waals surface area contributed by atoms with Crippen molar-refractivity contribution in [3.05, 3.63) is 62.5 Å². The predicted molar refractivity (Wildman–Crippen MR) is 126 cm³/mol. The predicted octanol–water partition coefficient (Wildman–Crippen LogP) is 2.19. The summed E-state index contributed by atoms with van der Waals surface area (Å²) in [7, 11) is -2.41. The maximum atomic E-state index is 13.8. The van der Waals surface area contributed by atoms with Crippen molar-refractivity contribution in [1.29, 1.82) is 0 Å². The summed E-state index contributed by atoms with van der Waals surface area (Å²) >= 11 is 7.68. The van der Waals surface area contributed by atoms with Crippen LogP contribution in [0, 0.1) is 5.82 Å². The third-order valence-electron chi connectivity index (χ3n) is 5.68. The van der Waals surface area contributed by atoms with Crippen molar-refractivity contribution in [2.45, 2.75) is 18.5 Å². The largest absolute Gasteiger partial charge is 0.466 e. The zero-order valence-corrected chi connectivity index (χ0v) is 20.7. The first-order valence-electron chi connectivity index (χ1n) is 10.2. The first kappa shape index (κ1) is 24.7. The van der Waals surface area contributed by atoms with Crippen LogP contribution in [-0.2, 0) is 19.6 Å². The quantitative estimate of drug-likeness (QED) is 0.548. The van der Waals surface area contributed by atoms with Gasteiger partial charge in [0.05, 0.1) is 25.5 Å². The van der Waals surface area contributed by atoms with Crippen molar-refractivity contribution in [3.8, 4) is 0 Å². The van der Waals surface area contributed by atoms with Crippen LogP contribution in [0.2, 0.25) is 5.02 Å². The minimum atomic E-state index is -3.65. The van der Waals surface area contributed by atoms with Crippen LogP contribution in [-0.4, -0.2) is 78.6 Å². The molecule has 0 aliphatic carbocycles. The molecule has 2 aliphatic heterocycles. The Morgan fingerprint density at radius 1 is 1.44 bits per heavy atom. The fourth-order valence-electron chi connectivity index (χ4n) is 4.31. The molecule has 2 aliphatic rings. The summed E-state index contributed by atoms with van der Waals surface area (Å²) < 4.78 is 44.9. The van der Waals surface area contributed by atoms with Gasteiger partial charge in [0.25, 0.3) is 0 Å². The Labute approximate surface area is 205 Å². The van der Waals surface area contributed by atoms with Gasteiger partial charge in [-0.1, -0.05) is 17.7 Å². The number of halogens is 2. The van der Waals surface area contributed by atoms with Gasteiger partial charge in [-0.3, -0.25) is 4.99 Å². The normalized spacial score (nSPS) is 20.5. The highest BCUT2D eigenvalue weighted by molar-refractivity contribution is 7.88. The van der Waals surface area contributed by atoms with Gasteiger partial charge in [-0.2, -0.15) is 4.31 Å². The number of aliphatic hydroxyl groups is 1. The van der Waals surface area contributed by atoms with E-state index in [0.717, 1.165) is 12.3 Å². The number of thiazole rings is 1. The summed E-state index contributed by atoms with van der Waals surface area (Å²) in [4.78, 5) is 23.9. The lowest BCUT2D eigenvalue weighted by molar-refractivity contribution is -0.136. The smallest absolute Gasteiger partial charge is 0.338 e. The molecule has 13 heteroatoms. The van der Waals surface area contributed by atoms with E-state index in [1.165, 1.54) is 34.9 Å². The van der Waals surface area contributed by atoms with Crippen LogP contribution in [0.1, 0.15) is 23.0 Å². The van der Waals surface area contributed by atoms with Gasteiger partial charge in [-0.25, -0.2) is 22.6 Å². The Morgan fingerprint density at radius 3 is 2.79 bits per heavy atom. The van der Waals surface area contributed by atoms with Crippen molar-refractivity contribution in [2.75, 3.05) is 33.1 Å². The zero-order chi connectivity index (χ0) is 24.6. The van der Waals surface area contributed by atoms with Crippen molar-refractivity contribution >= 4 is 44.8 Å². The minimum absolute atomic E-state index is 0.0882. The molecule has 1 fully saturated rings. The van der Waals surface area contributed by atoms with E-state index in [-0.39, 0.29) is 36.7 Å². The summed E-state index contributed by atoms with van der Waals surface area (Å²) in [5.41, 5.74) is 1.12. The van der Waals surface area contributed by atoms with E-state index in [9.17, 15) is 22.7 Å². The second-order valence-corrected chi connectivity index (χ2v) is 11.0. The Morgan fingerprint density at radius 2 is 2.21 bits per heavy atom. The first-order valence-corrected chi connectivity index (χ1v) is 13.4. The number of hydrogen-bond donors (Lipinski definition) is 1. The molecule has 1 saturated heterocycles. The summed E-state index contributed by atoms with van der Waals surface area (Å²) in [6.07, 6.45) is 2.87. The molecular weight excluding hydrogens is 507 g/mol. The Balaban J connectivity index is 1.90. The molecule has 1 N–H and O–H groups in total. The van der Waals surface area contributed by atoms with Gasteiger partial charge in [0, 0.05) is 53.4 Å². The lowest BCUT2D eigenvalue weighted by atomic mass is 9.94. The van der Waals surface area contributed by atoms with E-state index in [0.29, 0.717) is 22.1 Å². The van der Waals surface area contributed by atoms with Crippen LogP contribution in [0.15, 0.2) is 46.0 Å². The van der Waals surface area contributed by atoms with Gasteiger partial charge in [-0.05, 0) is 12.1 Å². The highest BCUT2D eigenvalue weighted by Gasteiger charge is 2.45. The van der Waals surface area contributed by atoms with Crippen molar-refractivity contribution in [2.24, 2.45) is 4.99 Å². The van der Waals surface area contributed by atoms with Crippen molar-refractivity contribution in [3.63, 3.8) is 0 Å². The third kappa shape index (κ3) is 4.60. The summed E-state index contributed by atoms with van der Waals surface area (Å²) in [6, 6.07) is 2.37. The summed E-state index contributed by atoms with van der Waals surface area (Å²) in [5.74, 6) is -0.736. The highest BCUT2D eigenvalue weighted by atomic mass is 35.5. The molecule has 34 heavy (non-hydrogen) atoms. The summed E-state index contributed by atoms with van der Waals surface area (Å²) in [5, 5.41) is 11.9. The van der Waals surface area contributed by atoms with Crippen LogP contribution in [0.5, 0.6) is 0 Å². The topological polar surface area (TPSA) is 112 Å². The molecule has 4 rings (SSSR count). The molecule has 2 atom stereocenters. The second-order valence-electron chi connectivity index (χ2n) is 7.78. The molecule has 0 bridgehead atoms. The third-order valence-corrected chi connectivity index (χ3v) is 8.11. The van der Waals surface area contributed by atoms with Gasteiger partial charge >= 0.3 is 5.97 Å². The molecule has 182 valence electrons. The van der Waals surface area contributed by atoms with Crippen LogP contribution >= 0.6 is 22.9 Å². The lowest BCUT2D eigenvalue weighted by Gasteiger charge is -2.31. The molecule has 0 amide bonds. The van der Waals surface area contributed by atoms with Crippen LogP contribution < -0.4 is 0 Å². The fourth-order valence-corrected chi connectivity index (χ4v) is 6.31. The van der Waals surface area contributed by atoms with Crippen molar-refractivity contribution in [1.82, 2.24) is 14.2 Å². The Hall–Kier alpha value is -2.38. The molecule has 3 heterocycles. The lowest BCUT2D eigenvalue weighted by Crippen LogP contribution is -2.44. The van der Waals surface area contributed by atoms with Crippen LogP contribution in [0.4, 0.5) is 4.39 Å². The maximum absolute atomic E-state index is 13.8. The number of benzene rings is 1. The number of nitrogens with zero attached hydrogens (tertiary/aromatic N) is 4. The molecule has 0 saturated carbocycles. The molecule has 0 spiro atoms. The van der Waals surface area contributed by atoms with E-state index in [4.69, 9.17) is 21.3 Å². The Bertz CT molecular complexity index is 1270. The number of carbonyl (C=O) groups is 1. The van der Waals surface area contributed by atoms with Gasteiger partial charge in [0.2, 0.25) is 10.0 Å². The SMILES string of the molecule is COC(=O)C1=C2C[C@H](N(CCO)S(C)(=O)=O)CN2C(c2nccs2)=N[C@H]1c1ccc(F)cc1Cl. The average molecular weight is 529 g/mol. The molecule has 0 unspecified atom stereocenters. The molecule has 0 radical (unpaired) electrons. The first-order chi connectivity index (χ1) is 16.2. The number of amidine groups is 1. The monoisotopic (exact) mass is 528 g/mol. The van der Waals surface area contributed by atoms with Gasteiger partial charge in [0.15, 0.2) is 10.8 Å². The highest BCUT2D eigenvalue weighted by Crippen LogP contribution is 2.43. The zero-order valence-electron chi connectivity index (χ0n) is 18.3. The van der Waals surface area contributed by atoms with Crippen LogP contribution in [0.3, 0.4) is 0 Å². The number of ether oxygens (including phenoxy) is 1. The molecule has 1 aromatic carbocycles. The molecular formula is C21H22ClFN4O5S2. The van der Waals surface area contributed by atoms with E-state index in [1.54, 1.807) is 16.5 Å². The number of esters is 1. The number of rotatable bonds is 7. The van der Waals surface area contributed by atoms with E-state index < -0.39 is 33.9 Å². The van der Waals surface area contributed by atoms with E-state index in [1.807, 2.05) is 0 Å². The molecule has 2 aromatic rings. The fraction of sp³-hybridized carbons (Fsp3) is 0.381. The van der Waals surface area contributed by atoms with Gasteiger partial charge < -0.3 is 14.7 Å².